The van der Waals surface area contributed by atoms with Crippen molar-refractivity contribution < 1.29 is 19.0 Å². The van der Waals surface area contributed by atoms with Gasteiger partial charge in [-0.25, -0.2) is 4.79 Å². The summed E-state index contributed by atoms with van der Waals surface area (Å²) in [6, 6.07) is -0.509. The van der Waals surface area contributed by atoms with Crippen LogP contribution in [0.4, 0.5) is 4.79 Å². The van der Waals surface area contributed by atoms with Gasteiger partial charge in [-0.05, 0) is 20.8 Å². The molecule has 118 valence electrons. The molecule has 0 aliphatic heterocycles. The first-order valence-electron chi connectivity index (χ1n) is 6.56. The summed E-state index contributed by atoms with van der Waals surface area (Å²) >= 11 is 0. The molecule has 1 aromatic heterocycles. The van der Waals surface area contributed by atoms with Gasteiger partial charge in [0.15, 0.2) is 0 Å². The molecule has 0 fully saturated rings. The summed E-state index contributed by atoms with van der Waals surface area (Å²) in [6.07, 6.45) is 2.57. The minimum Gasteiger partial charge on any atom is -0.495 e. The van der Waals surface area contributed by atoms with Crippen LogP contribution in [0.3, 0.4) is 0 Å². The fourth-order valence-corrected chi connectivity index (χ4v) is 1.73. The van der Waals surface area contributed by atoms with Crippen LogP contribution in [0.5, 0.6) is 11.5 Å². The van der Waals surface area contributed by atoms with E-state index in [0.29, 0.717) is 17.1 Å². The summed E-state index contributed by atoms with van der Waals surface area (Å²) in [5.74, 6) is 1.01. The van der Waals surface area contributed by atoms with E-state index >= 15 is 0 Å². The largest absolute Gasteiger partial charge is 0.495 e. The molecule has 1 rings (SSSR count). The van der Waals surface area contributed by atoms with Crippen LogP contribution in [-0.4, -0.2) is 37.4 Å². The van der Waals surface area contributed by atoms with Crippen molar-refractivity contribution in [2.45, 2.75) is 32.4 Å². The Hall–Kier alpha value is -2.02. The van der Waals surface area contributed by atoms with Crippen LogP contribution in [0.15, 0.2) is 12.4 Å². The Labute approximate surface area is 124 Å². The van der Waals surface area contributed by atoms with Crippen molar-refractivity contribution in [1.82, 2.24) is 10.3 Å². The molecule has 1 aromatic rings. The van der Waals surface area contributed by atoms with Gasteiger partial charge < -0.3 is 25.3 Å². The highest BCUT2D eigenvalue weighted by Crippen LogP contribution is 2.31. The molecule has 1 amide bonds. The topological polar surface area (TPSA) is 95.7 Å². The maximum Gasteiger partial charge on any atom is 0.407 e. The summed E-state index contributed by atoms with van der Waals surface area (Å²) in [6.45, 7) is 5.57. The molecular weight excluding hydrogens is 274 g/mol. The highest BCUT2D eigenvalue weighted by atomic mass is 16.6. The van der Waals surface area contributed by atoms with E-state index in [1.54, 1.807) is 33.2 Å². The predicted molar refractivity (Wildman–Crippen MR) is 78.5 cm³/mol. The van der Waals surface area contributed by atoms with Gasteiger partial charge in [-0.2, -0.15) is 0 Å². The van der Waals surface area contributed by atoms with Crippen LogP contribution in [0.1, 0.15) is 32.4 Å². The third-order valence-electron chi connectivity index (χ3n) is 2.59. The highest BCUT2D eigenvalue weighted by molar-refractivity contribution is 5.67. The molecular formula is C14H23N3O4. The van der Waals surface area contributed by atoms with E-state index < -0.39 is 17.7 Å². The molecule has 3 N–H and O–H groups in total. The maximum atomic E-state index is 11.6. The SMILES string of the molecule is COc1cncc(OC)c1C(N)CNC(=O)OC(C)(C)C. The molecule has 1 heterocycles. The molecule has 21 heavy (non-hydrogen) atoms. The Balaban J connectivity index is 2.76. The van der Waals surface area contributed by atoms with Gasteiger partial charge in [-0.3, -0.25) is 4.98 Å². The number of nitrogens with zero attached hydrogens (tertiary/aromatic N) is 1. The predicted octanol–water partition coefficient (Wildman–Crippen LogP) is 1.62. The zero-order valence-electron chi connectivity index (χ0n) is 13.1. The molecule has 0 saturated carbocycles. The molecule has 0 saturated heterocycles. The van der Waals surface area contributed by atoms with Crippen molar-refractivity contribution in [3.05, 3.63) is 18.0 Å². The number of carbonyl (C=O) groups excluding carboxylic acids is 1. The van der Waals surface area contributed by atoms with E-state index in [4.69, 9.17) is 19.9 Å². The van der Waals surface area contributed by atoms with Crippen LogP contribution in [-0.2, 0) is 4.74 Å². The smallest absolute Gasteiger partial charge is 0.407 e. The van der Waals surface area contributed by atoms with Gasteiger partial charge in [0.1, 0.15) is 17.1 Å². The van der Waals surface area contributed by atoms with Crippen LogP contribution in [0, 0.1) is 0 Å². The Morgan fingerprint density at radius 1 is 1.29 bits per heavy atom. The quantitative estimate of drug-likeness (QED) is 0.857. The molecule has 7 heteroatoms. The molecule has 0 bridgehead atoms. The van der Waals surface area contributed by atoms with Gasteiger partial charge in [0.05, 0.1) is 38.2 Å². The molecule has 0 aromatic carbocycles. The summed E-state index contributed by atoms with van der Waals surface area (Å²) in [4.78, 5) is 15.6. The number of alkyl carbamates (subject to hydrolysis) is 1. The van der Waals surface area contributed by atoms with Gasteiger partial charge in [0.2, 0.25) is 0 Å². The summed E-state index contributed by atoms with van der Waals surface area (Å²) < 4.78 is 15.6. The van der Waals surface area contributed by atoms with Crippen molar-refractivity contribution in [2.24, 2.45) is 5.73 Å². The van der Waals surface area contributed by atoms with Gasteiger partial charge in [-0.15, -0.1) is 0 Å². The second-order valence-corrected chi connectivity index (χ2v) is 5.45. The van der Waals surface area contributed by atoms with Gasteiger partial charge in [0.25, 0.3) is 0 Å². The Kier molecular flexibility index (Phi) is 5.78. The number of aromatic nitrogens is 1. The van der Waals surface area contributed by atoms with Crippen molar-refractivity contribution in [1.29, 1.82) is 0 Å². The molecule has 0 aliphatic carbocycles. The molecule has 0 aliphatic rings. The van der Waals surface area contributed by atoms with E-state index in [-0.39, 0.29) is 6.54 Å². The average molecular weight is 297 g/mol. The van der Waals surface area contributed by atoms with Crippen molar-refractivity contribution in [3.8, 4) is 11.5 Å². The Morgan fingerprint density at radius 2 is 1.81 bits per heavy atom. The fourth-order valence-electron chi connectivity index (χ4n) is 1.73. The molecule has 0 spiro atoms. The first-order valence-corrected chi connectivity index (χ1v) is 6.56. The molecule has 1 atom stereocenters. The second kappa shape index (κ2) is 7.12. The molecule has 7 nitrogen and oxygen atoms in total. The van der Waals surface area contributed by atoms with E-state index in [9.17, 15) is 4.79 Å². The third-order valence-corrected chi connectivity index (χ3v) is 2.59. The zero-order valence-corrected chi connectivity index (χ0v) is 13.1. The number of nitrogens with one attached hydrogen (secondary N) is 1. The van der Waals surface area contributed by atoms with Crippen LogP contribution < -0.4 is 20.5 Å². The number of methoxy groups -OCH3 is 2. The van der Waals surface area contributed by atoms with E-state index in [1.165, 1.54) is 14.2 Å². The lowest BCUT2D eigenvalue weighted by molar-refractivity contribution is 0.0524. The number of hydrogen-bond acceptors (Lipinski definition) is 6. The lowest BCUT2D eigenvalue weighted by Gasteiger charge is -2.22. The third kappa shape index (κ3) is 5.11. The van der Waals surface area contributed by atoms with Crippen molar-refractivity contribution in [3.63, 3.8) is 0 Å². The number of amides is 1. The van der Waals surface area contributed by atoms with E-state index in [2.05, 4.69) is 10.3 Å². The number of ether oxygens (including phenoxy) is 3. The number of nitrogens with two attached hydrogens (primary N) is 1. The van der Waals surface area contributed by atoms with Gasteiger partial charge >= 0.3 is 6.09 Å². The minimum atomic E-state index is -0.555. The van der Waals surface area contributed by atoms with Crippen LogP contribution in [0.25, 0.3) is 0 Å². The lowest BCUT2D eigenvalue weighted by Crippen LogP contribution is -2.36. The fraction of sp³-hybridized carbons (Fsp3) is 0.571. The summed E-state index contributed by atoms with van der Waals surface area (Å²) in [7, 11) is 3.04. The van der Waals surface area contributed by atoms with E-state index in [0.717, 1.165) is 0 Å². The Bertz CT molecular complexity index is 463. The van der Waals surface area contributed by atoms with Gasteiger partial charge in [0, 0.05) is 6.54 Å². The standard InChI is InChI=1S/C14H23N3O4/c1-14(2,3)21-13(18)17-6-9(15)12-10(19-4)7-16-8-11(12)20-5/h7-9H,6,15H2,1-5H3,(H,17,18). The first-order chi connectivity index (χ1) is 9.78. The summed E-state index contributed by atoms with van der Waals surface area (Å²) in [5.41, 5.74) is 6.19. The first kappa shape index (κ1) is 17.0. The van der Waals surface area contributed by atoms with Crippen molar-refractivity contribution in [2.75, 3.05) is 20.8 Å². The highest BCUT2D eigenvalue weighted by Gasteiger charge is 2.21. The lowest BCUT2D eigenvalue weighted by atomic mass is 10.1. The number of rotatable bonds is 5. The average Bonchev–Trinajstić information content (AvgIpc) is 2.41. The zero-order chi connectivity index (χ0) is 16.0. The normalized spacial score (nSPS) is 12.5. The van der Waals surface area contributed by atoms with E-state index in [1.807, 2.05) is 0 Å². The molecule has 1 unspecified atom stereocenters. The van der Waals surface area contributed by atoms with Gasteiger partial charge in [-0.1, -0.05) is 0 Å². The maximum absolute atomic E-state index is 11.6. The number of carbonyl (C=O) groups is 1. The number of hydrogen-bond donors (Lipinski definition) is 2. The van der Waals surface area contributed by atoms with Crippen molar-refractivity contribution >= 4 is 6.09 Å². The number of pyridine rings is 1. The van der Waals surface area contributed by atoms with Crippen LogP contribution in [0.2, 0.25) is 0 Å². The minimum absolute atomic E-state index is 0.186. The Morgan fingerprint density at radius 3 is 2.24 bits per heavy atom. The molecule has 0 radical (unpaired) electrons. The van der Waals surface area contributed by atoms with Crippen LogP contribution >= 0.6 is 0 Å². The monoisotopic (exact) mass is 297 g/mol. The second-order valence-electron chi connectivity index (χ2n) is 5.45. The summed E-state index contributed by atoms with van der Waals surface area (Å²) in [5, 5.41) is 2.62.